The normalized spacial score (nSPS) is 13.9. The molecule has 1 fully saturated rings. The molecule has 0 aliphatic heterocycles. The fraction of sp³-hybridized carbons (Fsp3) is 0.208. The number of aromatic amines is 1. The molecule has 0 radical (unpaired) electrons. The number of aryl methyl sites for hydroxylation is 1. The predicted octanol–water partition coefficient (Wildman–Crippen LogP) is 4.75. The number of rotatable bonds is 5. The molecule has 0 spiro atoms. The van der Waals surface area contributed by atoms with E-state index < -0.39 is 6.61 Å². The molecule has 1 aliphatic rings. The van der Waals surface area contributed by atoms with Crippen LogP contribution in [-0.2, 0) is 7.05 Å². The average molecular weight is 447 g/mol. The van der Waals surface area contributed by atoms with Crippen LogP contribution in [-0.4, -0.2) is 31.2 Å². The minimum absolute atomic E-state index is 0.0319. The number of fused-ring (bicyclic) bond motifs is 2. The second-order valence-corrected chi connectivity index (χ2v) is 8.29. The van der Waals surface area contributed by atoms with Gasteiger partial charge in [-0.3, -0.25) is 19.1 Å². The second-order valence-electron chi connectivity index (χ2n) is 8.29. The molecule has 0 bridgehead atoms. The number of hydrogen-bond donors (Lipinski definition) is 1. The predicted molar refractivity (Wildman–Crippen MR) is 120 cm³/mol. The molecule has 1 aliphatic carbocycles. The highest BCUT2D eigenvalue weighted by Crippen LogP contribution is 2.42. The summed E-state index contributed by atoms with van der Waals surface area (Å²) in [7, 11) is 1.85. The van der Waals surface area contributed by atoms with E-state index in [1.54, 1.807) is 27.4 Å². The van der Waals surface area contributed by atoms with E-state index in [4.69, 9.17) is 0 Å². The van der Waals surface area contributed by atoms with E-state index in [1.807, 2.05) is 31.4 Å². The van der Waals surface area contributed by atoms with E-state index in [9.17, 15) is 13.6 Å². The lowest BCUT2D eigenvalue weighted by atomic mass is 10.0. The summed E-state index contributed by atoms with van der Waals surface area (Å²) in [5, 5.41) is 13.0. The van der Waals surface area contributed by atoms with E-state index in [-0.39, 0.29) is 11.3 Å². The van der Waals surface area contributed by atoms with Crippen LogP contribution < -0.4 is 10.3 Å². The first-order valence-corrected chi connectivity index (χ1v) is 10.6. The summed E-state index contributed by atoms with van der Waals surface area (Å²) in [4.78, 5) is 13.8. The molecule has 1 saturated carbocycles. The fourth-order valence-corrected chi connectivity index (χ4v) is 4.31. The second kappa shape index (κ2) is 7.26. The Morgan fingerprint density at radius 1 is 1.09 bits per heavy atom. The van der Waals surface area contributed by atoms with Crippen molar-refractivity contribution < 1.29 is 13.5 Å². The molecule has 9 heteroatoms. The van der Waals surface area contributed by atoms with Crippen molar-refractivity contribution in [2.24, 2.45) is 7.05 Å². The van der Waals surface area contributed by atoms with Gasteiger partial charge in [-0.05, 0) is 54.8 Å². The van der Waals surface area contributed by atoms with Crippen LogP contribution in [0.1, 0.15) is 24.5 Å². The van der Waals surface area contributed by atoms with Gasteiger partial charge >= 0.3 is 6.61 Å². The van der Waals surface area contributed by atoms with E-state index >= 15 is 0 Å². The Morgan fingerprint density at radius 2 is 1.88 bits per heavy atom. The SMILES string of the molecule is Cn1cc2ccc(-c3cc4n[nH]c(C5CC5)c4n(-c4ccc(OC(F)F)cc4)c3=O)cc2n1. The summed E-state index contributed by atoms with van der Waals surface area (Å²) in [5.41, 5.74) is 4.64. The molecule has 5 aromatic rings. The molecule has 7 nitrogen and oxygen atoms in total. The number of hydrogen-bond acceptors (Lipinski definition) is 4. The first kappa shape index (κ1) is 19.7. The first-order chi connectivity index (χ1) is 16.0. The van der Waals surface area contributed by atoms with Crippen LogP contribution in [0.15, 0.2) is 59.5 Å². The molecular formula is C24H19F2N5O2. The molecule has 0 saturated heterocycles. The third-order valence-corrected chi connectivity index (χ3v) is 5.97. The van der Waals surface area contributed by atoms with Gasteiger partial charge in [-0.15, -0.1) is 0 Å². The van der Waals surface area contributed by atoms with Gasteiger partial charge < -0.3 is 4.74 Å². The third kappa shape index (κ3) is 3.36. The van der Waals surface area contributed by atoms with Crippen LogP contribution in [0, 0.1) is 0 Å². The van der Waals surface area contributed by atoms with E-state index in [2.05, 4.69) is 20.0 Å². The van der Waals surface area contributed by atoms with Crippen LogP contribution in [0.2, 0.25) is 0 Å². The number of nitrogens with one attached hydrogen (secondary N) is 1. The molecule has 0 amide bonds. The van der Waals surface area contributed by atoms with Gasteiger partial charge in [0.15, 0.2) is 0 Å². The fourth-order valence-electron chi connectivity index (χ4n) is 4.31. The molecule has 33 heavy (non-hydrogen) atoms. The molecule has 3 heterocycles. The van der Waals surface area contributed by atoms with Gasteiger partial charge in [0.25, 0.3) is 5.56 Å². The zero-order valence-corrected chi connectivity index (χ0v) is 17.6. The van der Waals surface area contributed by atoms with Crippen molar-refractivity contribution in [2.75, 3.05) is 0 Å². The lowest BCUT2D eigenvalue weighted by molar-refractivity contribution is -0.0498. The van der Waals surface area contributed by atoms with Crippen molar-refractivity contribution >= 4 is 21.9 Å². The van der Waals surface area contributed by atoms with Crippen LogP contribution in [0.4, 0.5) is 8.78 Å². The molecule has 6 rings (SSSR count). The summed E-state index contributed by atoms with van der Waals surface area (Å²) in [5.74, 6) is 0.363. The lowest BCUT2D eigenvalue weighted by Gasteiger charge is -2.13. The van der Waals surface area contributed by atoms with Gasteiger partial charge in [-0.2, -0.15) is 19.0 Å². The number of benzene rings is 2. The minimum atomic E-state index is -2.91. The van der Waals surface area contributed by atoms with Crippen LogP contribution >= 0.6 is 0 Å². The third-order valence-electron chi connectivity index (χ3n) is 5.97. The Kier molecular flexibility index (Phi) is 4.33. The topological polar surface area (TPSA) is 77.7 Å². The van der Waals surface area contributed by atoms with Crippen molar-refractivity contribution in [1.29, 1.82) is 0 Å². The number of nitrogens with zero attached hydrogens (tertiary/aromatic N) is 4. The average Bonchev–Trinajstić information content (AvgIpc) is 3.43. The van der Waals surface area contributed by atoms with Crippen LogP contribution in [0.5, 0.6) is 5.75 Å². The van der Waals surface area contributed by atoms with Crippen molar-refractivity contribution in [3.05, 3.63) is 70.8 Å². The van der Waals surface area contributed by atoms with Gasteiger partial charge in [0.05, 0.1) is 16.7 Å². The van der Waals surface area contributed by atoms with Gasteiger partial charge in [0.2, 0.25) is 0 Å². The van der Waals surface area contributed by atoms with Crippen molar-refractivity contribution in [1.82, 2.24) is 24.5 Å². The highest BCUT2D eigenvalue weighted by molar-refractivity contribution is 5.88. The lowest BCUT2D eigenvalue weighted by Crippen LogP contribution is -2.21. The van der Waals surface area contributed by atoms with Gasteiger partial charge in [0.1, 0.15) is 11.3 Å². The number of ether oxygens (including phenoxy) is 1. The molecule has 0 unspecified atom stereocenters. The number of H-pyrrole nitrogens is 1. The summed E-state index contributed by atoms with van der Waals surface area (Å²) in [6.07, 6.45) is 3.98. The Bertz CT molecular complexity index is 1560. The largest absolute Gasteiger partial charge is 0.435 e. The molecule has 1 N–H and O–H groups in total. The van der Waals surface area contributed by atoms with E-state index in [0.29, 0.717) is 28.2 Å². The summed E-state index contributed by atoms with van der Waals surface area (Å²) in [6.45, 7) is -2.91. The van der Waals surface area contributed by atoms with Crippen molar-refractivity contribution in [3.63, 3.8) is 0 Å². The van der Waals surface area contributed by atoms with Crippen molar-refractivity contribution in [2.45, 2.75) is 25.4 Å². The molecule has 3 aromatic heterocycles. The molecular weight excluding hydrogens is 428 g/mol. The Hall–Kier alpha value is -4.01. The Balaban J connectivity index is 1.58. The summed E-state index contributed by atoms with van der Waals surface area (Å²) < 4.78 is 33.0. The summed E-state index contributed by atoms with van der Waals surface area (Å²) in [6, 6.07) is 13.6. The van der Waals surface area contributed by atoms with E-state index in [1.165, 1.54) is 12.1 Å². The first-order valence-electron chi connectivity index (χ1n) is 10.6. The highest BCUT2D eigenvalue weighted by Gasteiger charge is 2.30. The van der Waals surface area contributed by atoms with Gasteiger partial charge in [0, 0.05) is 35.8 Å². The number of pyridine rings is 1. The maximum atomic E-state index is 13.8. The summed E-state index contributed by atoms with van der Waals surface area (Å²) >= 11 is 0. The smallest absolute Gasteiger partial charge is 0.387 e. The Labute approximate surface area is 186 Å². The molecule has 166 valence electrons. The van der Waals surface area contributed by atoms with Gasteiger partial charge in [-0.25, -0.2) is 0 Å². The van der Waals surface area contributed by atoms with Crippen molar-refractivity contribution in [3.8, 4) is 22.6 Å². The van der Waals surface area contributed by atoms with Crippen LogP contribution in [0.3, 0.4) is 0 Å². The van der Waals surface area contributed by atoms with Crippen LogP contribution in [0.25, 0.3) is 38.8 Å². The number of alkyl halides is 2. The highest BCUT2D eigenvalue weighted by atomic mass is 19.3. The van der Waals surface area contributed by atoms with Gasteiger partial charge in [-0.1, -0.05) is 12.1 Å². The monoisotopic (exact) mass is 447 g/mol. The zero-order chi connectivity index (χ0) is 22.7. The quantitative estimate of drug-likeness (QED) is 0.422. The Morgan fingerprint density at radius 3 is 2.61 bits per heavy atom. The van der Waals surface area contributed by atoms with E-state index in [0.717, 1.165) is 35.0 Å². The standard InChI is InChI=1S/C24H19F2N5O2/c1-30-12-15-5-4-14(10-19(15)29-30)18-11-20-22(21(28-27-20)13-2-3-13)31(23(18)32)16-6-8-17(9-7-16)33-24(25)26/h4-13,24H,2-3H2,1H3,(H,27,28). The number of halogens is 2. The minimum Gasteiger partial charge on any atom is -0.435 e. The maximum absolute atomic E-state index is 13.8. The molecule has 0 atom stereocenters. The zero-order valence-electron chi connectivity index (χ0n) is 17.6. The maximum Gasteiger partial charge on any atom is 0.387 e. The number of aromatic nitrogens is 5. The molecule has 2 aromatic carbocycles.